The van der Waals surface area contributed by atoms with E-state index >= 15 is 0 Å². The van der Waals surface area contributed by atoms with Gasteiger partial charge in [-0.25, -0.2) is 0 Å². The molecule has 0 saturated heterocycles. The van der Waals surface area contributed by atoms with Gasteiger partial charge in [0.05, 0.1) is 18.3 Å². The van der Waals surface area contributed by atoms with E-state index in [9.17, 15) is 19.5 Å². The molecule has 3 rings (SSSR count). The van der Waals surface area contributed by atoms with Gasteiger partial charge in [-0.3, -0.25) is 9.59 Å². The highest BCUT2D eigenvalue weighted by Crippen LogP contribution is 2.09. The average molecular weight is 403 g/mol. The Morgan fingerprint density at radius 2 is 1.60 bits per heavy atom. The van der Waals surface area contributed by atoms with Gasteiger partial charge in [0.1, 0.15) is 5.70 Å². The van der Waals surface area contributed by atoms with Crippen molar-refractivity contribution in [1.29, 1.82) is 0 Å². The van der Waals surface area contributed by atoms with E-state index in [0.717, 1.165) is 5.56 Å². The zero-order chi connectivity index (χ0) is 21.3. The van der Waals surface area contributed by atoms with Crippen molar-refractivity contribution < 1.29 is 23.9 Å². The quantitative estimate of drug-likeness (QED) is 0.554. The van der Waals surface area contributed by atoms with Crippen LogP contribution in [0.15, 0.2) is 89.2 Å². The maximum absolute atomic E-state index is 12.8. The zero-order valence-corrected chi connectivity index (χ0v) is 15.9. The molecular weight excluding hydrogens is 384 g/mol. The molecule has 7 heteroatoms. The minimum atomic E-state index is -1.43. The Labute approximate surface area is 173 Å². The number of rotatable bonds is 8. The number of hydrogen-bond donors (Lipinski definition) is 2. The van der Waals surface area contributed by atoms with Gasteiger partial charge in [-0.2, -0.15) is 0 Å². The summed E-state index contributed by atoms with van der Waals surface area (Å²) in [5.74, 6) is -2.81. The van der Waals surface area contributed by atoms with Crippen LogP contribution in [0.25, 0.3) is 6.08 Å². The normalized spacial score (nSPS) is 12.1. The van der Waals surface area contributed by atoms with Crippen molar-refractivity contribution in [3.05, 3.63) is 102 Å². The lowest BCUT2D eigenvalue weighted by atomic mass is 10.1. The largest absolute Gasteiger partial charge is 0.548 e. The van der Waals surface area contributed by atoms with Crippen molar-refractivity contribution >= 4 is 23.9 Å². The molecule has 2 N–H and O–H groups in total. The first-order valence-corrected chi connectivity index (χ1v) is 9.20. The molecule has 0 aliphatic heterocycles. The van der Waals surface area contributed by atoms with Crippen molar-refractivity contribution in [2.75, 3.05) is 0 Å². The van der Waals surface area contributed by atoms with E-state index in [1.165, 1.54) is 18.4 Å². The number of carbonyl (C=O) groups is 3. The van der Waals surface area contributed by atoms with E-state index < -0.39 is 23.8 Å². The Kier molecular flexibility index (Phi) is 6.78. The molecule has 1 atom stereocenters. The van der Waals surface area contributed by atoms with Crippen LogP contribution in [0.4, 0.5) is 0 Å². The van der Waals surface area contributed by atoms with Gasteiger partial charge in [-0.15, -0.1) is 0 Å². The molecule has 7 nitrogen and oxygen atoms in total. The highest BCUT2D eigenvalue weighted by molar-refractivity contribution is 6.05. The highest BCUT2D eigenvalue weighted by atomic mass is 16.4. The summed E-state index contributed by atoms with van der Waals surface area (Å²) in [5.41, 5.74) is 1.25. The minimum absolute atomic E-state index is 0.0162. The summed E-state index contributed by atoms with van der Waals surface area (Å²) in [6.07, 6.45) is 2.83. The number of benzene rings is 2. The number of aliphatic carboxylic acids is 1. The summed E-state index contributed by atoms with van der Waals surface area (Å²) < 4.78 is 5.05. The van der Waals surface area contributed by atoms with Gasteiger partial charge >= 0.3 is 0 Å². The molecule has 0 fully saturated rings. The van der Waals surface area contributed by atoms with Crippen LogP contribution < -0.4 is 15.7 Å². The second-order valence-electron chi connectivity index (χ2n) is 6.43. The molecule has 0 aliphatic carbocycles. The molecule has 30 heavy (non-hydrogen) atoms. The van der Waals surface area contributed by atoms with Gasteiger partial charge in [0.2, 0.25) is 0 Å². The first-order chi connectivity index (χ1) is 14.5. The van der Waals surface area contributed by atoms with Gasteiger partial charge in [-0.1, -0.05) is 60.7 Å². The van der Waals surface area contributed by atoms with Crippen molar-refractivity contribution in [1.82, 2.24) is 10.6 Å². The second kappa shape index (κ2) is 9.88. The van der Waals surface area contributed by atoms with Gasteiger partial charge in [-0.05, 0) is 35.8 Å². The van der Waals surface area contributed by atoms with Crippen LogP contribution in [0.3, 0.4) is 0 Å². The lowest BCUT2D eigenvalue weighted by Crippen LogP contribution is -2.50. The number of amides is 2. The molecular formula is C23H19N2O5-. The van der Waals surface area contributed by atoms with Crippen LogP contribution in [-0.4, -0.2) is 23.8 Å². The van der Waals surface area contributed by atoms with Gasteiger partial charge < -0.3 is 25.0 Å². The number of nitrogens with one attached hydrogen (secondary N) is 2. The molecule has 0 aliphatic rings. The van der Waals surface area contributed by atoms with Crippen LogP contribution >= 0.6 is 0 Å². The van der Waals surface area contributed by atoms with Crippen LogP contribution in [0, 0.1) is 0 Å². The molecule has 0 bridgehead atoms. The average Bonchev–Trinajstić information content (AvgIpc) is 3.29. The van der Waals surface area contributed by atoms with E-state index in [2.05, 4.69) is 10.6 Å². The van der Waals surface area contributed by atoms with E-state index in [-0.39, 0.29) is 17.9 Å². The third-order valence-electron chi connectivity index (χ3n) is 4.22. The summed E-state index contributed by atoms with van der Waals surface area (Å²) in [4.78, 5) is 36.8. The number of hydrogen-bond acceptors (Lipinski definition) is 5. The van der Waals surface area contributed by atoms with Crippen molar-refractivity contribution in [2.45, 2.75) is 12.5 Å². The fourth-order valence-corrected chi connectivity index (χ4v) is 2.75. The first-order valence-electron chi connectivity index (χ1n) is 9.20. The molecule has 0 spiro atoms. The molecule has 152 valence electrons. The van der Waals surface area contributed by atoms with Crippen LogP contribution in [0.2, 0.25) is 0 Å². The Balaban J connectivity index is 1.82. The monoisotopic (exact) mass is 403 g/mol. The molecule has 1 heterocycles. The predicted molar refractivity (Wildman–Crippen MR) is 108 cm³/mol. The summed E-state index contributed by atoms with van der Waals surface area (Å²) in [6, 6.07) is 19.4. The van der Waals surface area contributed by atoms with Crippen LogP contribution in [0.5, 0.6) is 0 Å². The number of carboxylic acids is 1. The topological polar surface area (TPSA) is 111 Å². The summed E-state index contributed by atoms with van der Waals surface area (Å²) in [6.45, 7) is 0. The third-order valence-corrected chi connectivity index (χ3v) is 4.22. The maximum Gasteiger partial charge on any atom is 0.291 e. The fourth-order valence-electron chi connectivity index (χ4n) is 2.75. The third kappa shape index (κ3) is 5.68. The highest BCUT2D eigenvalue weighted by Gasteiger charge is 2.20. The Morgan fingerprint density at radius 3 is 2.20 bits per heavy atom. The molecule has 1 aromatic heterocycles. The van der Waals surface area contributed by atoms with Crippen molar-refractivity contribution in [3.8, 4) is 0 Å². The Hall–Kier alpha value is -4.13. The molecule has 2 amide bonds. The Morgan fingerprint density at radius 1 is 0.933 bits per heavy atom. The molecule has 2 aromatic carbocycles. The molecule has 3 aromatic rings. The SMILES string of the molecule is O=C(N[C@H](Cc1ccccc1)C(=O)[O-])/C(=C/c1ccccc1)NC(=O)c1ccco1. The summed E-state index contributed by atoms with van der Waals surface area (Å²) >= 11 is 0. The summed E-state index contributed by atoms with van der Waals surface area (Å²) in [7, 11) is 0. The van der Waals surface area contributed by atoms with E-state index in [0.29, 0.717) is 5.56 Å². The van der Waals surface area contributed by atoms with E-state index in [1.54, 1.807) is 60.7 Å². The van der Waals surface area contributed by atoms with Crippen molar-refractivity contribution in [3.63, 3.8) is 0 Å². The number of furan rings is 1. The predicted octanol–water partition coefficient (Wildman–Crippen LogP) is 1.53. The van der Waals surface area contributed by atoms with E-state index in [4.69, 9.17) is 4.42 Å². The Bertz CT molecular complexity index is 1030. The standard InChI is InChI=1S/C23H20N2O5/c26-21(25-19(23(28)29)15-17-10-5-2-6-11-17)18(14-16-8-3-1-4-9-16)24-22(27)20-12-7-13-30-20/h1-14,19H,15H2,(H,24,27)(H,25,26)(H,28,29)/p-1/b18-14-/t19-/m1/s1. The molecule has 0 unspecified atom stereocenters. The first kappa shape index (κ1) is 20.6. The van der Waals surface area contributed by atoms with Gasteiger partial charge in [0.25, 0.3) is 11.8 Å². The number of carboxylic acid groups (broad SMARTS) is 1. The van der Waals surface area contributed by atoms with Gasteiger partial charge in [0.15, 0.2) is 5.76 Å². The second-order valence-corrected chi connectivity index (χ2v) is 6.43. The zero-order valence-electron chi connectivity index (χ0n) is 15.9. The molecule has 0 radical (unpaired) electrons. The summed E-state index contributed by atoms with van der Waals surface area (Å²) in [5, 5.41) is 16.5. The fraction of sp³-hybridized carbons (Fsp3) is 0.0870. The minimum Gasteiger partial charge on any atom is -0.548 e. The van der Waals surface area contributed by atoms with Crippen LogP contribution in [-0.2, 0) is 16.0 Å². The smallest absolute Gasteiger partial charge is 0.291 e. The molecule has 0 saturated carbocycles. The lowest BCUT2D eigenvalue weighted by molar-refractivity contribution is -0.308. The maximum atomic E-state index is 12.8. The van der Waals surface area contributed by atoms with Gasteiger partial charge in [0, 0.05) is 0 Å². The lowest BCUT2D eigenvalue weighted by Gasteiger charge is -2.21. The van der Waals surface area contributed by atoms with Crippen molar-refractivity contribution in [2.24, 2.45) is 0 Å². The van der Waals surface area contributed by atoms with Crippen LogP contribution in [0.1, 0.15) is 21.7 Å². The van der Waals surface area contributed by atoms with E-state index in [1.807, 2.05) is 6.07 Å². The number of carbonyl (C=O) groups excluding carboxylic acids is 3.